The quantitative estimate of drug-likeness (QED) is 0.591. The van der Waals surface area contributed by atoms with Crippen molar-refractivity contribution in [2.45, 2.75) is 25.7 Å². The Morgan fingerprint density at radius 2 is 1.71 bits per heavy atom. The van der Waals surface area contributed by atoms with Crippen molar-refractivity contribution in [2.24, 2.45) is 0 Å². The van der Waals surface area contributed by atoms with Crippen LogP contribution in [-0.2, 0) is 31.1 Å². The van der Waals surface area contributed by atoms with Crippen molar-refractivity contribution in [3.05, 3.63) is 56.9 Å². The molecule has 0 heterocycles. The average molecular weight is 312 g/mol. The summed E-state index contributed by atoms with van der Waals surface area (Å²) in [7, 11) is 0. The third kappa shape index (κ3) is 5.08. The third-order valence-corrected chi connectivity index (χ3v) is 4.07. The molecule has 0 saturated heterocycles. The van der Waals surface area contributed by atoms with E-state index in [1.54, 1.807) is 33.6 Å². The van der Waals surface area contributed by atoms with E-state index in [0.717, 1.165) is 0 Å². The van der Waals surface area contributed by atoms with Crippen molar-refractivity contribution in [3.63, 3.8) is 0 Å². The van der Waals surface area contributed by atoms with Crippen molar-refractivity contribution in [1.82, 2.24) is 0 Å². The second-order valence-electron chi connectivity index (χ2n) is 3.95. The van der Waals surface area contributed by atoms with E-state index in [1.807, 2.05) is 0 Å². The first-order valence-corrected chi connectivity index (χ1v) is 6.73. The van der Waals surface area contributed by atoms with E-state index in [-0.39, 0.29) is 9.41 Å². The second kappa shape index (κ2) is 8.52. The molecule has 1 aromatic rings. The van der Waals surface area contributed by atoms with E-state index < -0.39 is 0 Å². The van der Waals surface area contributed by atoms with Crippen molar-refractivity contribution < 1.29 is 34.1 Å². The summed E-state index contributed by atoms with van der Waals surface area (Å²) in [5, 5.41) is 0. The SMILES string of the molecule is [F-].[F-].[Zr+2][C]1=C(CCCc2ccccc2)C=CC1. The predicted octanol–water partition coefficient (Wildman–Crippen LogP) is -2.22. The molecule has 0 unspecified atom stereocenters. The molecule has 0 spiro atoms. The maximum atomic E-state index is 2.31. The van der Waals surface area contributed by atoms with Crippen LogP contribution in [0.4, 0.5) is 0 Å². The van der Waals surface area contributed by atoms with Gasteiger partial charge in [-0.25, -0.2) is 0 Å². The number of halogens is 2. The van der Waals surface area contributed by atoms with Gasteiger partial charge in [0.1, 0.15) is 0 Å². The van der Waals surface area contributed by atoms with E-state index in [2.05, 4.69) is 42.5 Å². The normalized spacial score (nSPS) is 13.3. The van der Waals surface area contributed by atoms with Crippen LogP contribution in [0.3, 0.4) is 0 Å². The monoisotopic (exact) mass is 311 g/mol. The second-order valence-corrected chi connectivity index (χ2v) is 5.43. The van der Waals surface area contributed by atoms with Gasteiger partial charge in [0.15, 0.2) is 0 Å². The van der Waals surface area contributed by atoms with Gasteiger partial charge < -0.3 is 9.41 Å². The first kappa shape index (κ1) is 16.4. The van der Waals surface area contributed by atoms with Crippen molar-refractivity contribution in [1.29, 1.82) is 0 Å². The number of allylic oxidation sites excluding steroid dienone is 4. The summed E-state index contributed by atoms with van der Waals surface area (Å²) in [4.78, 5) is 0. The van der Waals surface area contributed by atoms with Crippen LogP contribution in [-0.4, -0.2) is 0 Å². The molecule has 0 radical (unpaired) electrons. The zero-order chi connectivity index (χ0) is 10.5. The predicted molar refractivity (Wildman–Crippen MR) is 60.2 cm³/mol. The average Bonchev–Trinajstić information content (AvgIpc) is 2.66. The Labute approximate surface area is 116 Å². The molecule has 3 heteroatoms. The van der Waals surface area contributed by atoms with Gasteiger partial charge in [-0.1, -0.05) is 0 Å². The van der Waals surface area contributed by atoms with Gasteiger partial charge in [0, 0.05) is 0 Å². The van der Waals surface area contributed by atoms with Gasteiger partial charge in [0.25, 0.3) is 0 Å². The van der Waals surface area contributed by atoms with Gasteiger partial charge in [0.05, 0.1) is 0 Å². The summed E-state index contributed by atoms with van der Waals surface area (Å²) < 4.78 is 1.65. The summed E-state index contributed by atoms with van der Waals surface area (Å²) in [6, 6.07) is 10.8. The summed E-state index contributed by atoms with van der Waals surface area (Å²) in [6.45, 7) is 0. The van der Waals surface area contributed by atoms with Crippen molar-refractivity contribution in [3.8, 4) is 0 Å². The van der Waals surface area contributed by atoms with Gasteiger partial charge in [-0.15, -0.1) is 0 Å². The molecule has 2 rings (SSSR count). The number of hydrogen-bond acceptors (Lipinski definition) is 0. The molecule has 0 aliphatic heterocycles. The molecule has 17 heavy (non-hydrogen) atoms. The molecule has 0 nitrogen and oxygen atoms in total. The molecule has 1 aliphatic carbocycles. The molecular formula is C14H15F2Zr. The Balaban J connectivity index is 0.00000128. The molecule has 0 bridgehead atoms. The first-order valence-electron chi connectivity index (χ1n) is 5.50. The Morgan fingerprint density at radius 3 is 2.29 bits per heavy atom. The van der Waals surface area contributed by atoms with Gasteiger partial charge in [-0.05, 0) is 0 Å². The van der Waals surface area contributed by atoms with Crippen LogP contribution in [0.2, 0.25) is 0 Å². The van der Waals surface area contributed by atoms with Crippen LogP contribution in [0.1, 0.15) is 24.8 Å². The van der Waals surface area contributed by atoms with Gasteiger partial charge >= 0.3 is 107 Å². The topological polar surface area (TPSA) is 0 Å². The van der Waals surface area contributed by atoms with Crippen LogP contribution in [0.5, 0.6) is 0 Å². The molecule has 0 amide bonds. The number of benzene rings is 1. The van der Waals surface area contributed by atoms with Crippen LogP contribution in [0.25, 0.3) is 0 Å². The Morgan fingerprint density at radius 1 is 1.00 bits per heavy atom. The van der Waals surface area contributed by atoms with E-state index in [1.165, 1.54) is 31.2 Å². The molecule has 1 aromatic carbocycles. The zero-order valence-corrected chi connectivity index (χ0v) is 12.1. The zero-order valence-electron chi connectivity index (χ0n) is 9.63. The first-order chi connectivity index (χ1) is 7.36. The van der Waals surface area contributed by atoms with Gasteiger partial charge in [-0.3, -0.25) is 0 Å². The van der Waals surface area contributed by atoms with Crippen LogP contribution in [0, 0.1) is 0 Å². The van der Waals surface area contributed by atoms with Crippen molar-refractivity contribution in [2.75, 3.05) is 0 Å². The minimum atomic E-state index is 0. The molecule has 0 saturated carbocycles. The Kier molecular flexibility index (Phi) is 8.24. The fraction of sp³-hybridized carbons (Fsp3) is 0.286. The fourth-order valence-corrected chi connectivity index (χ4v) is 2.71. The fourth-order valence-electron chi connectivity index (χ4n) is 1.91. The third-order valence-electron chi connectivity index (χ3n) is 2.78. The number of aryl methyl sites for hydroxylation is 1. The molecule has 1 aliphatic rings. The minimum absolute atomic E-state index is 0. The van der Waals surface area contributed by atoms with E-state index in [9.17, 15) is 0 Å². The van der Waals surface area contributed by atoms with E-state index >= 15 is 0 Å². The molecule has 0 atom stereocenters. The van der Waals surface area contributed by atoms with Crippen molar-refractivity contribution >= 4 is 0 Å². The van der Waals surface area contributed by atoms with Crippen LogP contribution in [0.15, 0.2) is 51.3 Å². The number of rotatable bonds is 4. The summed E-state index contributed by atoms with van der Waals surface area (Å²) in [6.07, 6.45) is 9.56. The summed E-state index contributed by atoms with van der Waals surface area (Å²) >= 11 is 1.59. The van der Waals surface area contributed by atoms with E-state index in [0.29, 0.717) is 0 Å². The van der Waals surface area contributed by atoms with Gasteiger partial charge in [0.2, 0.25) is 0 Å². The summed E-state index contributed by atoms with van der Waals surface area (Å²) in [5.74, 6) is 0. The number of hydrogen-bond donors (Lipinski definition) is 0. The standard InChI is InChI=1S/C14H15.2FH.Zr/c1-2-7-13(8-3-1)11-6-12-14-9-4-5-10-14;;;/h1-4,7-9H,5-6,11-12H2;2*1H;/q;;;+2/p-2. The van der Waals surface area contributed by atoms with Crippen LogP contribution < -0.4 is 9.41 Å². The molecule has 0 N–H and O–H groups in total. The van der Waals surface area contributed by atoms with Gasteiger partial charge in [-0.2, -0.15) is 0 Å². The van der Waals surface area contributed by atoms with E-state index in [4.69, 9.17) is 0 Å². The molecule has 0 aromatic heterocycles. The Bertz CT molecular complexity index is 382. The summed E-state index contributed by atoms with van der Waals surface area (Å²) in [5.41, 5.74) is 3.06. The molecule has 89 valence electrons. The molecule has 0 fully saturated rings. The van der Waals surface area contributed by atoms with Crippen LogP contribution >= 0.6 is 0 Å². The maximum absolute atomic E-state index is 2.31. The molecular weight excluding hydrogens is 297 g/mol. The Hall–Kier alpha value is -0.557.